The summed E-state index contributed by atoms with van der Waals surface area (Å²) < 4.78 is 7.36. The summed E-state index contributed by atoms with van der Waals surface area (Å²) in [6.45, 7) is 15.8. The van der Waals surface area contributed by atoms with E-state index in [1.807, 2.05) is 19.3 Å². The average molecular weight is 514 g/mol. The van der Waals surface area contributed by atoms with E-state index in [1.54, 1.807) is 6.20 Å². The third-order valence-electron chi connectivity index (χ3n) is 7.98. The van der Waals surface area contributed by atoms with E-state index < -0.39 is 0 Å². The minimum atomic E-state index is -0.137. The van der Waals surface area contributed by atoms with Crippen LogP contribution in [0.3, 0.4) is 0 Å². The number of aromatic nitrogens is 4. The van der Waals surface area contributed by atoms with Crippen LogP contribution in [0, 0.1) is 11.3 Å². The predicted molar refractivity (Wildman–Crippen MR) is 145 cm³/mol. The van der Waals surface area contributed by atoms with Crippen LogP contribution in [0.2, 0.25) is 0 Å². The highest BCUT2D eigenvalue weighted by Crippen LogP contribution is 2.40. The summed E-state index contributed by atoms with van der Waals surface area (Å²) >= 11 is 0. The minimum absolute atomic E-state index is 0.0264. The monoisotopic (exact) mass is 513 g/mol. The third kappa shape index (κ3) is 8.12. The molecule has 4 heterocycles. The number of hydrogen-bond acceptors (Lipinski definition) is 7. The second-order valence-corrected chi connectivity index (χ2v) is 11.4. The summed E-state index contributed by atoms with van der Waals surface area (Å²) in [5, 5.41) is 3.62. The first kappa shape index (κ1) is 27.8. The summed E-state index contributed by atoms with van der Waals surface area (Å²) in [5.74, 6) is 2.58. The molecule has 0 bridgehead atoms. The number of imidazole rings is 2. The lowest BCUT2D eigenvalue weighted by Crippen LogP contribution is -2.43. The van der Waals surface area contributed by atoms with Crippen molar-refractivity contribution in [1.82, 2.24) is 34.6 Å². The first-order chi connectivity index (χ1) is 18.0. The highest BCUT2D eigenvalue weighted by molar-refractivity contribution is 5.69. The molecule has 2 saturated heterocycles. The van der Waals surface area contributed by atoms with Crippen LogP contribution in [-0.4, -0.2) is 87.7 Å². The summed E-state index contributed by atoms with van der Waals surface area (Å²) in [6.07, 6.45) is 13.5. The molecule has 37 heavy (non-hydrogen) atoms. The standard InChI is InChI=1S/C28H47N7O2/c1-4-37-26(36)6-5-10-29-24(20-25-30-11-12-31-25)27-32-13-17-35(27)19-18-34-16-9-28(22-34)7-14-33(15-8-28)21-23(2)3/h11-13,17,23-24,29H,4-10,14-16,18-22H2,1-3H3,(H,30,31). The van der Waals surface area contributed by atoms with Gasteiger partial charge in [0.2, 0.25) is 0 Å². The summed E-state index contributed by atoms with van der Waals surface area (Å²) in [7, 11) is 0. The van der Waals surface area contributed by atoms with Crippen molar-refractivity contribution < 1.29 is 9.53 Å². The van der Waals surface area contributed by atoms with E-state index in [2.05, 4.69) is 49.7 Å². The quantitative estimate of drug-likeness (QED) is 0.296. The normalized spacial score (nSPS) is 19.1. The van der Waals surface area contributed by atoms with Crippen LogP contribution >= 0.6 is 0 Å². The van der Waals surface area contributed by atoms with E-state index in [1.165, 1.54) is 52.0 Å². The first-order valence-corrected chi connectivity index (χ1v) is 14.3. The fraction of sp³-hybridized carbons (Fsp3) is 0.750. The molecule has 2 aromatic heterocycles. The van der Waals surface area contributed by atoms with Gasteiger partial charge in [0.15, 0.2) is 0 Å². The number of piperidine rings is 1. The molecule has 0 saturated carbocycles. The Hall–Kier alpha value is -2.23. The molecule has 9 heteroatoms. The van der Waals surface area contributed by atoms with Crippen LogP contribution in [0.1, 0.15) is 70.6 Å². The van der Waals surface area contributed by atoms with Gasteiger partial charge in [-0.3, -0.25) is 4.79 Å². The molecule has 9 nitrogen and oxygen atoms in total. The number of ether oxygens (including phenoxy) is 1. The van der Waals surface area contributed by atoms with Gasteiger partial charge in [0.05, 0.1) is 12.6 Å². The number of aromatic amines is 1. The minimum Gasteiger partial charge on any atom is -0.466 e. The van der Waals surface area contributed by atoms with E-state index in [4.69, 9.17) is 9.72 Å². The molecular formula is C28H47N7O2. The van der Waals surface area contributed by atoms with Crippen molar-refractivity contribution in [2.45, 2.75) is 71.9 Å². The molecule has 1 atom stereocenters. The van der Waals surface area contributed by atoms with Crippen molar-refractivity contribution in [2.24, 2.45) is 11.3 Å². The van der Waals surface area contributed by atoms with E-state index >= 15 is 0 Å². The van der Waals surface area contributed by atoms with Gasteiger partial charge in [-0.2, -0.15) is 0 Å². The number of rotatable bonds is 14. The van der Waals surface area contributed by atoms with Crippen LogP contribution in [0.25, 0.3) is 0 Å². The van der Waals surface area contributed by atoms with Gasteiger partial charge in [0, 0.05) is 63.8 Å². The third-order valence-corrected chi connectivity index (χ3v) is 7.98. The second kappa shape index (κ2) is 13.5. The van der Waals surface area contributed by atoms with Crippen molar-refractivity contribution in [1.29, 1.82) is 0 Å². The van der Waals surface area contributed by atoms with Gasteiger partial charge in [-0.25, -0.2) is 9.97 Å². The number of nitrogens with one attached hydrogen (secondary N) is 2. The zero-order chi connectivity index (χ0) is 26.1. The average Bonchev–Trinajstić information content (AvgIpc) is 3.63. The van der Waals surface area contributed by atoms with E-state index in [-0.39, 0.29) is 12.0 Å². The Morgan fingerprint density at radius 1 is 1.14 bits per heavy atom. The van der Waals surface area contributed by atoms with Crippen molar-refractivity contribution in [3.05, 3.63) is 36.4 Å². The van der Waals surface area contributed by atoms with Gasteiger partial charge < -0.3 is 29.4 Å². The highest BCUT2D eigenvalue weighted by atomic mass is 16.5. The van der Waals surface area contributed by atoms with Crippen LogP contribution < -0.4 is 5.32 Å². The largest absolute Gasteiger partial charge is 0.466 e. The number of carbonyl (C=O) groups is 1. The fourth-order valence-electron chi connectivity index (χ4n) is 6.02. The lowest BCUT2D eigenvalue weighted by molar-refractivity contribution is -0.143. The molecule has 206 valence electrons. The zero-order valence-electron chi connectivity index (χ0n) is 23.1. The van der Waals surface area contributed by atoms with E-state index in [0.717, 1.165) is 50.0 Å². The topological polar surface area (TPSA) is 91.3 Å². The van der Waals surface area contributed by atoms with Gasteiger partial charge in [-0.1, -0.05) is 13.8 Å². The Morgan fingerprint density at radius 2 is 1.92 bits per heavy atom. The molecule has 4 rings (SSSR count). The summed E-state index contributed by atoms with van der Waals surface area (Å²) in [5.41, 5.74) is 0.521. The maximum absolute atomic E-state index is 11.7. The molecule has 2 aliphatic rings. The Kier molecular flexibility index (Phi) is 10.2. The number of hydrogen-bond donors (Lipinski definition) is 2. The van der Waals surface area contributed by atoms with Gasteiger partial charge in [-0.15, -0.1) is 0 Å². The van der Waals surface area contributed by atoms with Gasteiger partial charge in [-0.05, 0) is 70.1 Å². The Labute approximate surface area is 222 Å². The van der Waals surface area contributed by atoms with Crippen LogP contribution in [0.5, 0.6) is 0 Å². The van der Waals surface area contributed by atoms with Crippen LogP contribution in [0.15, 0.2) is 24.8 Å². The highest BCUT2D eigenvalue weighted by Gasteiger charge is 2.40. The zero-order valence-corrected chi connectivity index (χ0v) is 23.1. The Bertz CT molecular complexity index is 934. The van der Waals surface area contributed by atoms with E-state index in [9.17, 15) is 4.79 Å². The van der Waals surface area contributed by atoms with Crippen molar-refractivity contribution in [3.63, 3.8) is 0 Å². The molecule has 2 N–H and O–H groups in total. The van der Waals surface area contributed by atoms with Gasteiger partial charge >= 0.3 is 5.97 Å². The summed E-state index contributed by atoms with van der Waals surface area (Å²) in [4.78, 5) is 29.4. The molecule has 1 spiro atoms. The number of nitrogens with zero attached hydrogens (tertiary/aromatic N) is 5. The molecule has 0 aromatic carbocycles. The second-order valence-electron chi connectivity index (χ2n) is 11.4. The first-order valence-electron chi connectivity index (χ1n) is 14.3. The number of likely N-dealkylation sites (tertiary alicyclic amines) is 2. The lowest BCUT2D eigenvalue weighted by Gasteiger charge is -2.40. The molecule has 2 aromatic rings. The van der Waals surface area contributed by atoms with Crippen molar-refractivity contribution in [2.75, 3.05) is 52.4 Å². The number of H-pyrrole nitrogens is 1. The number of carbonyl (C=O) groups excluding carboxylic acids is 1. The molecule has 0 aliphatic carbocycles. The van der Waals surface area contributed by atoms with Crippen molar-refractivity contribution >= 4 is 5.97 Å². The van der Waals surface area contributed by atoms with Crippen molar-refractivity contribution in [3.8, 4) is 0 Å². The Balaban J connectivity index is 1.29. The molecule has 1 unspecified atom stereocenters. The fourth-order valence-corrected chi connectivity index (χ4v) is 6.02. The van der Waals surface area contributed by atoms with Crippen LogP contribution in [-0.2, 0) is 22.5 Å². The molecule has 2 fully saturated rings. The molecule has 0 amide bonds. The maximum atomic E-state index is 11.7. The van der Waals surface area contributed by atoms with Crippen LogP contribution in [0.4, 0.5) is 0 Å². The maximum Gasteiger partial charge on any atom is 0.305 e. The predicted octanol–water partition coefficient (Wildman–Crippen LogP) is 3.27. The van der Waals surface area contributed by atoms with Gasteiger partial charge in [0.1, 0.15) is 11.6 Å². The molecule has 2 aliphatic heterocycles. The van der Waals surface area contributed by atoms with Gasteiger partial charge in [0.25, 0.3) is 0 Å². The number of esters is 1. The molecule has 0 radical (unpaired) electrons. The lowest BCUT2D eigenvalue weighted by atomic mass is 9.77. The Morgan fingerprint density at radius 3 is 2.62 bits per heavy atom. The smallest absolute Gasteiger partial charge is 0.305 e. The SMILES string of the molecule is CCOC(=O)CCCNC(Cc1ncc[nH]1)c1nccn1CCN1CCC2(CCN(CC(C)C)CC2)C1. The van der Waals surface area contributed by atoms with E-state index in [0.29, 0.717) is 18.4 Å². The summed E-state index contributed by atoms with van der Waals surface area (Å²) in [6, 6.07) is 0.0264. The molecular weight excluding hydrogens is 466 g/mol.